The molecule has 1 N–H and O–H groups in total. The van der Waals surface area contributed by atoms with Gasteiger partial charge in [0, 0.05) is 45.8 Å². The van der Waals surface area contributed by atoms with Crippen molar-refractivity contribution in [2.45, 2.75) is 25.2 Å². The third-order valence-corrected chi connectivity index (χ3v) is 4.66. The zero-order valence-electron chi connectivity index (χ0n) is 15.1. The maximum Gasteiger partial charge on any atom is 0.193 e. The van der Waals surface area contributed by atoms with Gasteiger partial charge in [0.05, 0.1) is 6.20 Å². The van der Waals surface area contributed by atoms with Crippen LogP contribution in [-0.2, 0) is 13.5 Å². The lowest BCUT2D eigenvalue weighted by Gasteiger charge is -2.21. The van der Waals surface area contributed by atoms with E-state index in [9.17, 15) is 0 Å². The van der Waals surface area contributed by atoms with Crippen molar-refractivity contribution in [2.24, 2.45) is 12.0 Å². The van der Waals surface area contributed by atoms with Crippen molar-refractivity contribution in [3.63, 3.8) is 0 Å². The van der Waals surface area contributed by atoms with Crippen LogP contribution in [0.15, 0.2) is 47.7 Å². The first-order valence-corrected chi connectivity index (χ1v) is 8.74. The smallest absolute Gasteiger partial charge is 0.193 e. The number of nitrogens with one attached hydrogen (secondary N) is 1. The predicted molar refractivity (Wildman–Crippen MR) is 114 cm³/mol. The highest BCUT2D eigenvalue weighted by Gasteiger charge is 2.26. The lowest BCUT2D eigenvalue weighted by Crippen LogP contribution is -2.40. The first kappa shape index (κ1) is 19.8. The fourth-order valence-corrected chi connectivity index (χ4v) is 3.35. The van der Waals surface area contributed by atoms with Gasteiger partial charge in [-0.3, -0.25) is 9.67 Å². The van der Waals surface area contributed by atoms with Gasteiger partial charge in [-0.05, 0) is 30.4 Å². The second-order valence-electron chi connectivity index (χ2n) is 6.44. The highest BCUT2D eigenvalue weighted by atomic mass is 127. The molecule has 1 atom stereocenters. The number of guanidine groups is 1. The van der Waals surface area contributed by atoms with Crippen molar-refractivity contribution >= 4 is 29.9 Å². The molecule has 2 heterocycles. The van der Waals surface area contributed by atoms with Gasteiger partial charge >= 0.3 is 0 Å². The summed E-state index contributed by atoms with van der Waals surface area (Å²) in [4.78, 5) is 6.82. The van der Waals surface area contributed by atoms with Crippen molar-refractivity contribution in [3.8, 4) is 0 Å². The summed E-state index contributed by atoms with van der Waals surface area (Å²) >= 11 is 0. The van der Waals surface area contributed by atoms with E-state index in [0.29, 0.717) is 5.92 Å². The van der Waals surface area contributed by atoms with Crippen LogP contribution < -0.4 is 5.32 Å². The van der Waals surface area contributed by atoms with Gasteiger partial charge in [0.1, 0.15) is 0 Å². The number of hydrogen-bond donors (Lipinski definition) is 1. The molecule has 1 saturated heterocycles. The van der Waals surface area contributed by atoms with Crippen LogP contribution in [0.1, 0.15) is 29.9 Å². The molecular formula is C19H28IN5. The van der Waals surface area contributed by atoms with Gasteiger partial charge in [-0.1, -0.05) is 30.3 Å². The van der Waals surface area contributed by atoms with E-state index in [1.807, 2.05) is 25.0 Å². The van der Waals surface area contributed by atoms with Crippen LogP contribution in [-0.4, -0.2) is 47.3 Å². The molecule has 1 fully saturated rings. The van der Waals surface area contributed by atoms with Crippen LogP contribution >= 0.6 is 24.0 Å². The van der Waals surface area contributed by atoms with Crippen LogP contribution in [0.3, 0.4) is 0 Å². The average Bonchev–Trinajstić information content (AvgIpc) is 3.25. The summed E-state index contributed by atoms with van der Waals surface area (Å²) in [5, 5.41) is 7.81. The van der Waals surface area contributed by atoms with E-state index in [-0.39, 0.29) is 24.0 Å². The van der Waals surface area contributed by atoms with Crippen LogP contribution in [0.4, 0.5) is 0 Å². The topological polar surface area (TPSA) is 45.5 Å². The molecule has 0 spiro atoms. The maximum absolute atomic E-state index is 4.46. The SMILES string of the molecule is CN=C(NCCCc1ccccc1)N1CCC(c2cnn(C)c2)C1.I. The molecule has 1 aliphatic rings. The first-order chi connectivity index (χ1) is 11.8. The van der Waals surface area contributed by atoms with E-state index in [1.54, 1.807) is 0 Å². The fourth-order valence-electron chi connectivity index (χ4n) is 3.35. The predicted octanol–water partition coefficient (Wildman–Crippen LogP) is 3.04. The molecule has 0 aliphatic carbocycles. The van der Waals surface area contributed by atoms with Gasteiger partial charge in [0.15, 0.2) is 5.96 Å². The third-order valence-electron chi connectivity index (χ3n) is 4.66. The second kappa shape index (κ2) is 9.79. The molecule has 1 aliphatic heterocycles. The Hall–Kier alpha value is -1.57. The summed E-state index contributed by atoms with van der Waals surface area (Å²) in [5.74, 6) is 1.58. The molecular weight excluding hydrogens is 425 g/mol. The number of nitrogens with zero attached hydrogens (tertiary/aromatic N) is 4. The fraction of sp³-hybridized carbons (Fsp3) is 0.474. The number of aromatic nitrogens is 2. The van der Waals surface area contributed by atoms with Crippen molar-refractivity contribution in [3.05, 3.63) is 53.9 Å². The Balaban J connectivity index is 0.00000225. The number of hydrogen-bond acceptors (Lipinski definition) is 2. The van der Waals surface area contributed by atoms with E-state index in [4.69, 9.17) is 0 Å². The van der Waals surface area contributed by atoms with E-state index < -0.39 is 0 Å². The van der Waals surface area contributed by atoms with Gasteiger partial charge in [-0.15, -0.1) is 24.0 Å². The van der Waals surface area contributed by atoms with E-state index >= 15 is 0 Å². The maximum atomic E-state index is 4.46. The van der Waals surface area contributed by atoms with Crippen LogP contribution in [0.25, 0.3) is 0 Å². The molecule has 3 rings (SSSR count). The molecule has 0 saturated carbocycles. The number of aryl methyl sites for hydroxylation is 2. The highest BCUT2D eigenvalue weighted by Crippen LogP contribution is 2.26. The Labute approximate surface area is 167 Å². The molecule has 6 heteroatoms. The number of rotatable bonds is 5. The zero-order valence-corrected chi connectivity index (χ0v) is 17.4. The molecule has 0 amide bonds. The van der Waals surface area contributed by atoms with E-state index in [0.717, 1.165) is 44.9 Å². The summed E-state index contributed by atoms with van der Waals surface area (Å²) in [7, 11) is 3.85. The number of likely N-dealkylation sites (tertiary alicyclic amines) is 1. The van der Waals surface area contributed by atoms with Crippen molar-refractivity contribution in [1.29, 1.82) is 0 Å². The van der Waals surface area contributed by atoms with Gasteiger partial charge < -0.3 is 10.2 Å². The number of benzene rings is 1. The molecule has 0 radical (unpaired) electrons. The number of halogens is 1. The summed E-state index contributed by atoms with van der Waals surface area (Å²) in [6.45, 7) is 3.03. The molecule has 136 valence electrons. The minimum absolute atomic E-state index is 0. The summed E-state index contributed by atoms with van der Waals surface area (Å²) in [6, 6.07) is 10.6. The minimum Gasteiger partial charge on any atom is -0.356 e. The molecule has 1 aromatic heterocycles. The third kappa shape index (κ3) is 5.45. The molecule has 2 aromatic rings. The molecule has 1 aromatic carbocycles. The Bertz CT molecular complexity index is 667. The van der Waals surface area contributed by atoms with Gasteiger partial charge in [-0.2, -0.15) is 5.10 Å². The largest absolute Gasteiger partial charge is 0.356 e. The van der Waals surface area contributed by atoms with Crippen molar-refractivity contribution in [1.82, 2.24) is 20.0 Å². The lowest BCUT2D eigenvalue weighted by molar-refractivity contribution is 0.485. The van der Waals surface area contributed by atoms with Gasteiger partial charge in [0.25, 0.3) is 0 Å². The number of aliphatic imine (C=N–C) groups is 1. The van der Waals surface area contributed by atoms with Crippen LogP contribution in [0.2, 0.25) is 0 Å². The van der Waals surface area contributed by atoms with Crippen molar-refractivity contribution in [2.75, 3.05) is 26.7 Å². The molecule has 25 heavy (non-hydrogen) atoms. The van der Waals surface area contributed by atoms with E-state index in [2.05, 4.69) is 56.8 Å². The summed E-state index contributed by atoms with van der Waals surface area (Å²) in [6.07, 6.45) is 7.50. The summed E-state index contributed by atoms with van der Waals surface area (Å²) < 4.78 is 1.88. The molecule has 1 unspecified atom stereocenters. The van der Waals surface area contributed by atoms with Gasteiger partial charge in [0.2, 0.25) is 0 Å². The van der Waals surface area contributed by atoms with Crippen LogP contribution in [0.5, 0.6) is 0 Å². The monoisotopic (exact) mass is 453 g/mol. The molecule has 5 nitrogen and oxygen atoms in total. The van der Waals surface area contributed by atoms with Crippen molar-refractivity contribution < 1.29 is 0 Å². The van der Waals surface area contributed by atoms with E-state index in [1.165, 1.54) is 11.1 Å². The lowest BCUT2D eigenvalue weighted by atomic mass is 10.0. The van der Waals surface area contributed by atoms with Gasteiger partial charge in [-0.25, -0.2) is 0 Å². The first-order valence-electron chi connectivity index (χ1n) is 8.74. The standard InChI is InChI=1S/C19H27N5.HI/c1-20-19(21-11-6-9-16-7-4-3-5-8-16)24-12-10-17(15-24)18-13-22-23(2)14-18;/h3-5,7-8,13-14,17H,6,9-12,15H2,1-2H3,(H,20,21);1H. The Morgan fingerprint density at radius 2 is 2.12 bits per heavy atom. The zero-order chi connectivity index (χ0) is 16.8. The highest BCUT2D eigenvalue weighted by molar-refractivity contribution is 14.0. The normalized spacial score (nSPS) is 17.4. The Morgan fingerprint density at radius 1 is 1.32 bits per heavy atom. The molecule has 0 bridgehead atoms. The Morgan fingerprint density at radius 3 is 2.80 bits per heavy atom. The Kier molecular flexibility index (Phi) is 7.74. The quantitative estimate of drug-likeness (QED) is 0.328. The average molecular weight is 453 g/mol. The van der Waals surface area contributed by atoms with Crippen LogP contribution in [0, 0.1) is 0 Å². The minimum atomic E-state index is 0. The summed E-state index contributed by atoms with van der Waals surface area (Å²) in [5.41, 5.74) is 2.73. The second-order valence-corrected chi connectivity index (χ2v) is 6.44.